The topological polar surface area (TPSA) is 39.3 Å². The van der Waals surface area contributed by atoms with Crippen LogP contribution >= 0.6 is 0 Å². The molecule has 3 aromatic rings. The van der Waals surface area contributed by atoms with Crippen LogP contribution in [-0.4, -0.2) is 98.1 Å². The lowest BCUT2D eigenvalue weighted by molar-refractivity contribution is 0.0595. The second-order valence-electron chi connectivity index (χ2n) is 10.9. The van der Waals surface area contributed by atoms with E-state index in [2.05, 4.69) is 70.3 Å². The third kappa shape index (κ3) is 5.44. The highest BCUT2D eigenvalue weighted by Gasteiger charge is 2.35. The fraction of sp³-hybridized carbons (Fsp3) is 0.406. The Balaban J connectivity index is 1.09. The van der Waals surface area contributed by atoms with Crippen LogP contribution in [0.2, 0.25) is 0 Å². The number of carbonyl (C=O) groups is 1. The van der Waals surface area contributed by atoms with Gasteiger partial charge in [0.1, 0.15) is 11.6 Å². The van der Waals surface area contributed by atoms with Gasteiger partial charge < -0.3 is 19.4 Å². The predicted molar refractivity (Wildman–Crippen MR) is 152 cm³/mol. The molecule has 2 saturated heterocycles. The number of nitrogens with zero attached hydrogens (tertiary/aromatic N) is 4. The largest absolute Gasteiger partial charge is 0.493 e. The molecule has 39 heavy (non-hydrogen) atoms. The highest BCUT2D eigenvalue weighted by molar-refractivity contribution is 5.97. The number of benzene rings is 3. The third-order valence-corrected chi connectivity index (χ3v) is 8.41. The number of rotatable bonds is 7. The van der Waals surface area contributed by atoms with Gasteiger partial charge in [-0.25, -0.2) is 4.39 Å². The molecule has 0 aromatic heterocycles. The molecule has 1 aliphatic carbocycles. The Morgan fingerprint density at radius 2 is 1.49 bits per heavy atom. The number of halogens is 1. The quantitative estimate of drug-likeness (QED) is 0.426. The molecule has 6 nitrogen and oxygen atoms in total. The fourth-order valence-corrected chi connectivity index (χ4v) is 6.21. The molecule has 0 spiro atoms. The van der Waals surface area contributed by atoms with Gasteiger partial charge in [0.2, 0.25) is 0 Å². The van der Waals surface area contributed by atoms with Gasteiger partial charge in [-0.2, -0.15) is 0 Å². The van der Waals surface area contributed by atoms with E-state index in [1.807, 2.05) is 4.90 Å². The molecule has 3 aromatic carbocycles. The smallest absolute Gasteiger partial charge is 0.257 e. The summed E-state index contributed by atoms with van der Waals surface area (Å²) in [6, 6.07) is 21.7. The van der Waals surface area contributed by atoms with Gasteiger partial charge in [-0.15, -0.1) is 0 Å². The lowest BCUT2D eigenvalue weighted by Crippen LogP contribution is -2.49. The van der Waals surface area contributed by atoms with Crippen LogP contribution in [0.15, 0.2) is 66.7 Å². The van der Waals surface area contributed by atoms with Crippen molar-refractivity contribution in [3.8, 4) is 16.9 Å². The Morgan fingerprint density at radius 1 is 0.846 bits per heavy atom. The molecule has 2 heterocycles. The van der Waals surface area contributed by atoms with E-state index in [-0.39, 0.29) is 11.9 Å². The number of carbonyl (C=O) groups excluding carboxylic acids is 1. The molecule has 1 amide bonds. The summed E-state index contributed by atoms with van der Waals surface area (Å²) in [4.78, 5) is 22.7. The molecule has 0 N–H and O–H groups in total. The van der Waals surface area contributed by atoms with E-state index in [1.54, 1.807) is 6.07 Å². The first-order valence-electron chi connectivity index (χ1n) is 14.1. The van der Waals surface area contributed by atoms with Crippen molar-refractivity contribution in [2.75, 3.05) is 72.6 Å². The monoisotopic (exact) mass is 528 g/mol. The van der Waals surface area contributed by atoms with E-state index in [0.717, 1.165) is 52.2 Å². The maximum absolute atomic E-state index is 14.2. The Morgan fingerprint density at radius 3 is 2.15 bits per heavy atom. The summed E-state index contributed by atoms with van der Waals surface area (Å²) in [6.45, 7) is 8.50. The standard InChI is InChI=1S/C32H37FN4O2/c1-34-14-16-35(17-15-34)13-6-22-39-30-12-11-24(33)23-29(30)32(38)37-20-18-36(19-21-37)31-27-9-4-2-7-25(27)26-8-3-5-10-28(26)31/h2-5,7-12,23,31H,6,13-22H2,1H3. The normalized spacial score (nSPS) is 18.7. The van der Waals surface area contributed by atoms with Gasteiger partial charge in [-0.1, -0.05) is 48.5 Å². The van der Waals surface area contributed by atoms with Gasteiger partial charge >= 0.3 is 0 Å². The van der Waals surface area contributed by atoms with Crippen molar-refractivity contribution >= 4 is 5.91 Å². The average Bonchev–Trinajstić information content (AvgIpc) is 3.31. The van der Waals surface area contributed by atoms with Gasteiger partial charge in [0.05, 0.1) is 18.2 Å². The number of hydrogen-bond donors (Lipinski definition) is 0. The minimum atomic E-state index is -0.416. The first-order chi connectivity index (χ1) is 19.1. The van der Waals surface area contributed by atoms with E-state index < -0.39 is 5.82 Å². The molecular formula is C32H37FN4O2. The molecule has 2 fully saturated rings. The van der Waals surface area contributed by atoms with Crippen LogP contribution in [0.5, 0.6) is 5.75 Å². The van der Waals surface area contributed by atoms with Crippen molar-refractivity contribution in [1.82, 2.24) is 19.6 Å². The molecule has 6 rings (SSSR count). The average molecular weight is 529 g/mol. The second-order valence-corrected chi connectivity index (χ2v) is 10.9. The van der Waals surface area contributed by atoms with E-state index >= 15 is 0 Å². The summed E-state index contributed by atoms with van der Waals surface area (Å²) < 4.78 is 20.3. The summed E-state index contributed by atoms with van der Waals surface area (Å²) in [5.41, 5.74) is 5.57. The van der Waals surface area contributed by atoms with E-state index in [1.165, 1.54) is 34.4 Å². The van der Waals surface area contributed by atoms with Crippen LogP contribution in [-0.2, 0) is 0 Å². The molecule has 3 aliphatic rings. The summed E-state index contributed by atoms with van der Waals surface area (Å²) in [7, 11) is 2.15. The highest BCUT2D eigenvalue weighted by atomic mass is 19.1. The first-order valence-corrected chi connectivity index (χ1v) is 14.1. The molecule has 204 valence electrons. The molecule has 0 atom stereocenters. The van der Waals surface area contributed by atoms with Crippen LogP contribution in [0.25, 0.3) is 11.1 Å². The highest BCUT2D eigenvalue weighted by Crippen LogP contribution is 2.46. The number of ether oxygens (including phenoxy) is 1. The van der Waals surface area contributed by atoms with Crippen LogP contribution in [0, 0.1) is 5.82 Å². The molecular weight excluding hydrogens is 491 g/mol. The van der Waals surface area contributed by atoms with E-state index in [0.29, 0.717) is 31.0 Å². The van der Waals surface area contributed by atoms with Gasteiger partial charge in [0, 0.05) is 58.9 Å². The van der Waals surface area contributed by atoms with Gasteiger partial charge in [-0.05, 0) is 53.9 Å². The third-order valence-electron chi connectivity index (χ3n) is 8.41. The van der Waals surface area contributed by atoms with Crippen LogP contribution < -0.4 is 4.74 Å². The zero-order valence-corrected chi connectivity index (χ0v) is 22.7. The van der Waals surface area contributed by atoms with Crippen LogP contribution in [0.3, 0.4) is 0 Å². The van der Waals surface area contributed by atoms with Gasteiger partial charge in [0.15, 0.2) is 0 Å². The lowest BCUT2D eigenvalue weighted by atomic mass is 10.0. The van der Waals surface area contributed by atoms with Crippen molar-refractivity contribution in [3.05, 3.63) is 89.2 Å². The summed E-state index contributed by atoms with van der Waals surface area (Å²) >= 11 is 0. The Hall–Kier alpha value is -3.26. The van der Waals surface area contributed by atoms with Crippen molar-refractivity contribution in [1.29, 1.82) is 0 Å². The fourth-order valence-electron chi connectivity index (χ4n) is 6.21. The zero-order chi connectivity index (χ0) is 26.8. The summed E-state index contributed by atoms with van der Waals surface area (Å²) in [5, 5.41) is 0. The maximum atomic E-state index is 14.2. The van der Waals surface area contributed by atoms with E-state index in [4.69, 9.17) is 4.74 Å². The Labute approximate surface area is 230 Å². The summed E-state index contributed by atoms with van der Waals surface area (Å²) in [5.74, 6) is -0.0998. The van der Waals surface area contributed by atoms with Crippen LogP contribution in [0.4, 0.5) is 4.39 Å². The van der Waals surface area contributed by atoms with Crippen molar-refractivity contribution in [2.24, 2.45) is 0 Å². The number of likely N-dealkylation sites (N-methyl/N-ethyl adjacent to an activating group) is 1. The Bertz CT molecular complexity index is 1270. The second kappa shape index (κ2) is 11.5. The SMILES string of the molecule is CN1CCN(CCCOc2ccc(F)cc2C(=O)N2CCN(C3c4ccccc4-c4ccccc43)CC2)CC1. The minimum Gasteiger partial charge on any atom is -0.493 e. The van der Waals surface area contributed by atoms with Gasteiger partial charge in [-0.3, -0.25) is 9.69 Å². The molecule has 7 heteroatoms. The number of piperazine rings is 2. The number of hydrogen-bond acceptors (Lipinski definition) is 5. The first kappa shape index (κ1) is 26.0. The van der Waals surface area contributed by atoms with Crippen molar-refractivity contribution < 1.29 is 13.9 Å². The van der Waals surface area contributed by atoms with Gasteiger partial charge in [0.25, 0.3) is 5.91 Å². The number of fused-ring (bicyclic) bond motifs is 3. The number of amides is 1. The zero-order valence-electron chi connectivity index (χ0n) is 22.7. The van der Waals surface area contributed by atoms with Crippen LogP contribution in [0.1, 0.15) is 33.9 Å². The van der Waals surface area contributed by atoms with Crippen molar-refractivity contribution in [3.63, 3.8) is 0 Å². The predicted octanol–water partition coefficient (Wildman–Crippen LogP) is 4.37. The molecule has 0 bridgehead atoms. The lowest BCUT2D eigenvalue weighted by Gasteiger charge is -2.39. The molecule has 0 radical (unpaired) electrons. The molecule has 2 aliphatic heterocycles. The maximum Gasteiger partial charge on any atom is 0.257 e. The van der Waals surface area contributed by atoms with Crippen molar-refractivity contribution in [2.45, 2.75) is 12.5 Å². The summed E-state index contributed by atoms with van der Waals surface area (Å²) in [6.07, 6.45) is 0.873. The minimum absolute atomic E-state index is 0.157. The van der Waals surface area contributed by atoms with E-state index in [9.17, 15) is 9.18 Å². The molecule has 0 saturated carbocycles. The molecule has 0 unspecified atom stereocenters. The Kier molecular flexibility index (Phi) is 7.64.